The third kappa shape index (κ3) is 3.10. The van der Waals surface area contributed by atoms with Gasteiger partial charge in [0.25, 0.3) is 5.72 Å². The predicted octanol–water partition coefficient (Wildman–Crippen LogP) is 0.310. The molecule has 4 aromatic rings. The van der Waals surface area contributed by atoms with Crippen LogP contribution in [0.15, 0.2) is 73.3 Å². The van der Waals surface area contributed by atoms with Crippen LogP contribution in [-0.2, 0) is 10.5 Å². The van der Waals surface area contributed by atoms with Crippen molar-refractivity contribution in [3.8, 4) is 0 Å². The number of benzene rings is 2. The average molecular weight is 475 g/mol. The maximum Gasteiger partial charge on any atom is 0.252 e. The van der Waals surface area contributed by atoms with Gasteiger partial charge in [-0.1, -0.05) is 60.7 Å². The first kappa shape index (κ1) is 22.7. The van der Waals surface area contributed by atoms with Crippen LogP contribution >= 0.6 is 0 Å². The second kappa shape index (κ2) is 8.32. The molecule has 0 bridgehead atoms. The molecule has 3 heterocycles. The van der Waals surface area contributed by atoms with Crippen LogP contribution in [0.5, 0.6) is 0 Å². The zero-order valence-corrected chi connectivity index (χ0v) is 18.2. The highest BCUT2D eigenvalue weighted by atomic mass is 16.6. The number of aliphatic hydroxyl groups excluding tert-OH is 2. The molecule has 0 saturated carbocycles. The molecule has 0 amide bonds. The Morgan fingerprint density at radius 3 is 2.17 bits per heavy atom. The van der Waals surface area contributed by atoms with Crippen molar-refractivity contribution in [1.82, 2.24) is 19.5 Å². The summed E-state index contributed by atoms with van der Waals surface area (Å²) in [4.78, 5) is 40.3. The number of ketones is 2. The minimum atomic E-state index is -2.90. The third-order valence-electron chi connectivity index (χ3n) is 6.23. The van der Waals surface area contributed by atoms with E-state index in [4.69, 9.17) is 10.5 Å². The number of hydrogen-bond acceptors (Lipinski definition) is 10. The molecule has 178 valence electrons. The Morgan fingerprint density at radius 2 is 1.57 bits per heavy atom. The summed E-state index contributed by atoms with van der Waals surface area (Å²) >= 11 is 0. The van der Waals surface area contributed by atoms with Crippen molar-refractivity contribution < 1.29 is 29.6 Å². The van der Waals surface area contributed by atoms with Gasteiger partial charge in [0.15, 0.2) is 11.5 Å². The van der Waals surface area contributed by atoms with Gasteiger partial charge in [-0.3, -0.25) is 14.2 Å². The number of carbonyl (C=O) groups excluding carboxylic acids is 2. The number of ether oxygens (including phenoxy) is 1. The molecule has 0 unspecified atom stereocenters. The lowest BCUT2D eigenvalue weighted by Crippen LogP contribution is -2.66. The Morgan fingerprint density at radius 1 is 0.971 bits per heavy atom. The maximum absolute atomic E-state index is 14.2. The summed E-state index contributed by atoms with van der Waals surface area (Å²) in [7, 11) is 0. The molecule has 0 aliphatic carbocycles. The Hall–Kier alpha value is -4.03. The number of imidazole rings is 1. The second-order valence-electron chi connectivity index (χ2n) is 8.13. The van der Waals surface area contributed by atoms with Gasteiger partial charge in [0.1, 0.15) is 30.4 Å². The van der Waals surface area contributed by atoms with Gasteiger partial charge in [-0.2, -0.15) is 0 Å². The fourth-order valence-electron chi connectivity index (χ4n) is 4.52. The van der Waals surface area contributed by atoms with E-state index in [-0.39, 0.29) is 28.1 Å². The predicted molar refractivity (Wildman–Crippen MR) is 122 cm³/mol. The fourth-order valence-corrected chi connectivity index (χ4v) is 4.52. The first-order valence-corrected chi connectivity index (χ1v) is 10.7. The van der Waals surface area contributed by atoms with E-state index in [1.54, 1.807) is 36.4 Å². The summed E-state index contributed by atoms with van der Waals surface area (Å²) in [5, 5.41) is 33.3. The average Bonchev–Trinajstić information content (AvgIpc) is 3.43. The van der Waals surface area contributed by atoms with Crippen LogP contribution in [0.4, 0.5) is 5.82 Å². The highest BCUT2D eigenvalue weighted by Gasteiger charge is 2.74. The number of nitrogens with zero attached hydrogens (tertiary/aromatic N) is 4. The van der Waals surface area contributed by atoms with Gasteiger partial charge in [0, 0.05) is 11.1 Å². The number of hydrogen-bond donors (Lipinski definition) is 4. The standard InChI is InChI=1S/C24H21N5O6/c25-21-17-22(27-12-26-21)29(13-28-17)24(19(32)15-9-5-2-6-10-15)23(34,20(33)16(11-30)35-24)18(31)14-7-3-1-4-8-14/h1-10,12-13,16,20,30,33-34H,11H2,(H2,25,26,27)/t16-,20-,23-,24-/m1/s1. The van der Waals surface area contributed by atoms with Gasteiger partial charge >= 0.3 is 0 Å². The van der Waals surface area contributed by atoms with Crippen molar-refractivity contribution in [1.29, 1.82) is 0 Å². The number of nitrogens with two attached hydrogens (primary N) is 1. The van der Waals surface area contributed by atoms with Crippen molar-refractivity contribution in [2.75, 3.05) is 12.3 Å². The van der Waals surface area contributed by atoms with Gasteiger partial charge in [0.05, 0.1) is 6.61 Å². The molecule has 5 N–H and O–H groups in total. The van der Waals surface area contributed by atoms with Crippen molar-refractivity contribution in [2.45, 2.75) is 23.5 Å². The van der Waals surface area contributed by atoms with Crippen LogP contribution in [-0.4, -0.2) is 70.8 Å². The number of rotatable bonds is 6. The van der Waals surface area contributed by atoms with Crippen LogP contribution < -0.4 is 5.73 Å². The maximum atomic E-state index is 14.2. The van der Waals surface area contributed by atoms with Gasteiger partial charge < -0.3 is 25.8 Å². The van der Waals surface area contributed by atoms with E-state index in [2.05, 4.69) is 15.0 Å². The summed E-state index contributed by atoms with van der Waals surface area (Å²) in [5.41, 5.74) is 0.572. The Balaban J connectivity index is 1.86. The zero-order chi connectivity index (χ0) is 24.8. The van der Waals surface area contributed by atoms with Gasteiger partial charge in [-0.05, 0) is 0 Å². The molecule has 4 atom stereocenters. The van der Waals surface area contributed by atoms with Crippen LogP contribution in [0.2, 0.25) is 0 Å². The number of fused-ring (bicyclic) bond motifs is 1. The Bertz CT molecular complexity index is 1410. The third-order valence-corrected chi connectivity index (χ3v) is 6.23. The van der Waals surface area contributed by atoms with E-state index in [1.807, 2.05) is 0 Å². The van der Waals surface area contributed by atoms with E-state index < -0.39 is 41.7 Å². The molecular weight excluding hydrogens is 454 g/mol. The number of carbonyl (C=O) groups is 2. The fraction of sp³-hybridized carbons (Fsp3) is 0.208. The smallest absolute Gasteiger partial charge is 0.252 e. The van der Waals surface area contributed by atoms with E-state index in [0.717, 1.165) is 17.2 Å². The van der Waals surface area contributed by atoms with Crippen LogP contribution in [0.1, 0.15) is 20.7 Å². The second-order valence-corrected chi connectivity index (χ2v) is 8.13. The molecule has 0 radical (unpaired) electrons. The molecule has 1 saturated heterocycles. The molecule has 1 aliphatic rings. The SMILES string of the molecule is Nc1ncnc2c1ncn2[C@]1(C(=O)c2ccccc2)O[C@H](CO)[C@@H](O)[C@]1(O)C(=O)c1ccccc1. The number of aliphatic hydroxyl groups is 3. The first-order valence-electron chi connectivity index (χ1n) is 10.7. The van der Waals surface area contributed by atoms with Crippen molar-refractivity contribution in [3.05, 3.63) is 84.4 Å². The highest BCUT2D eigenvalue weighted by molar-refractivity contribution is 6.12. The minimum Gasteiger partial charge on any atom is -0.394 e. The molecule has 0 spiro atoms. The summed E-state index contributed by atoms with van der Waals surface area (Å²) in [5.74, 6) is -1.86. The van der Waals surface area contributed by atoms with Crippen LogP contribution in [0.25, 0.3) is 11.2 Å². The lowest BCUT2D eigenvalue weighted by Gasteiger charge is -2.40. The van der Waals surface area contributed by atoms with Gasteiger partial charge in [0.2, 0.25) is 17.2 Å². The molecule has 2 aromatic carbocycles. The summed E-state index contributed by atoms with van der Waals surface area (Å²) in [6.45, 7) is -0.793. The summed E-state index contributed by atoms with van der Waals surface area (Å²) in [6.07, 6.45) is -1.24. The summed E-state index contributed by atoms with van der Waals surface area (Å²) in [6, 6.07) is 15.5. The molecule has 11 nitrogen and oxygen atoms in total. The molecule has 5 rings (SSSR count). The lowest BCUT2D eigenvalue weighted by molar-refractivity contribution is -0.140. The molecule has 1 aliphatic heterocycles. The zero-order valence-electron chi connectivity index (χ0n) is 18.2. The summed E-state index contributed by atoms with van der Waals surface area (Å²) < 4.78 is 7.04. The number of nitrogen functional groups attached to an aromatic ring is 1. The molecule has 2 aromatic heterocycles. The quantitative estimate of drug-likeness (QED) is 0.284. The molecule has 11 heteroatoms. The van der Waals surface area contributed by atoms with Crippen molar-refractivity contribution >= 4 is 28.5 Å². The lowest BCUT2D eigenvalue weighted by atomic mass is 9.76. The van der Waals surface area contributed by atoms with E-state index >= 15 is 0 Å². The highest BCUT2D eigenvalue weighted by Crippen LogP contribution is 2.48. The Labute approximate surface area is 198 Å². The largest absolute Gasteiger partial charge is 0.394 e. The number of aromatic nitrogens is 4. The monoisotopic (exact) mass is 475 g/mol. The number of Topliss-reactive ketones (excluding diaryl/α,β-unsaturated/α-hetero) is 2. The van der Waals surface area contributed by atoms with Gasteiger partial charge in [-0.25, -0.2) is 15.0 Å². The molecular formula is C24H21N5O6. The van der Waals surface area contributed by atoms with E-state index in [9.17, 15) is 24.9 Å². The molecule has 35 heavy (non-hydrogen) atoms. The van der Waals surface area contributed by atoms with Crippen LogP contribution in [0, 0.1) is 0 Å². The van der Waals surface area contributed by atoms with Crippen molar-refractivity contribution in [2.24, 2.45) is 0 Å². The van der Waals surface area contributed by atoms with E-state index in [1.165, 1.54) is 24.3 Å². The topological polar surface area (TPSA) is 174 Å². The van der Waals surface area contributed by atoms with Gasteiger partial charge in [-0.15, -0.1) is 0 Å². The first-order chi connectivity index (χ1) is 16.9. The van der Waals surface area contributed by atoms with E-state index in [0.29, 0.717) is 0 Å². The van der Waals surface area contributed by atoms with Crippen LogP contribution in [0.3, 0.4) is 0 Å². The molecule has 1 fully saturated rings. The minimum absolute atomic E-state index is 0.00811. The number of anilines is 1. The van der Waals surface area contributed by atoms with Crippen molar-refractivity contribution in [3.63, 3.8) is 0 Å². The normalized spacial score (nSPS) is 26.1. The Kier molecular flexibility index (Phi) is 5.41.